The highest BCUT2D eigenvalue weighted by atomic mass is 79.9. The Labute approximate surface area is 131 Å². The van der Waals surface area contributed by atoms with Gasteiger partial charge in [0.1, 0.15) is 6.61 Å². The van der Waals surface area contributed by atoms with Crippen LogP contribution in [0.3, 0.4) is 0 Å². The van der Waals surface area contributed by atoms with Gasteiger partial charge >= 0.3 is 0 Å². The zero-order chi connectivity index (χ0) is 14.1. The van der Waals surface area contributed by atoms with Crippen molar-refractivity contribution in [3.63, 3.8) is 0 Å². The van der Waals surface area contributed by atoms with E-state index in [1.807, 2.05) is 19.1 Å². The van der Waals surface area contributed by atoms with E-state index in [9.17, 15) is 0 Å². The Kier molecular flexibility index (Phi) is 8.50. The Balaban J connectivity index is 2.68. The Hall–Kier alpha value is -0.260. The van der Waals surface area contributed by atoms with Crippen LogP contribution in [0.1, 0.15) is 25.8 Å². The lowest BCUT2D eigenvalue weighted by Crippen LogP contribution is -2.08. The van der Waals surface area contributed by atoms with Crippen molar-refractivity contribution in [2.75, 3.05) is 26.4 Å². The van der Waals surface area contributed by atoms with E-state index in [2.05, 4.69) is 38.8 Å². The first kappa shape index (κ1) is 16.8. The van der Waals surface area contributed by atoms with Gasteiger partial charge in [-0.05, 0) is 47.0 Å². The van der Waals surface area contributed by atoms with Gasteiger partial charge in [0, 0.05) is 11.9 Å². The average Bonchev–Trinajstić information content (AvgIpc) is 2.41. The quantitative estimate of drug-likeness (QED) is 0.453. The van der Waals surface area contributed by atoms with Crippen LogP contribution in [0.4, 0.5) is 0 Å². The SMILES string of the molecule is CCCOCCOc1c(Br)cc(CBr)cc1OCC. The summed E-state index contributed by atoms with van der Waals surface area (Å²) >= 11 is 6.97. The summed E-state index contributed by atoms with van der Waals surface area (Å²) in [4.78, 5) is 0. The number of benzene rings is 1. The molecule has 19 heavy (non-hydrogen) atoms. The molecule has 5 heteroatoms. The Bertz CT molecular complexity index is 383. The molecule has 1 aromatic rings. The van der Waals surface area contributed by atoms with Gasteiger partial charge in [-0.2, -0.15) is 0 Å². The summed E-state index contributed by atoms with van der Waals surface area (Å²) < 4.78 is 17.7. The molecular formula is C14H20Br2O3. The molecule has 0 radical (unpaired) electrons. The van der Waals surface area contributed by atoms with Gasteiger partial charge in [-0.25, -0.2) is 0 Å². The maximum Gasteiger partial charge on any atom is 0.175 e. The minimum absolute atomic E-state index is 0.520. The van der Waals surface area contributed by atoms with Crippen LogP contribution in [0.2, 0.25) is 0 Å². The highest BCUT2D eigenvalue weighted by Gasteiger charge is 2.11. The molecule has 0 aromatic heterocycles. The fourth-order valence-electron chi connectivity index (χ4n) is 1.55. The predicted molar refractivity (Wildman–Crippen MR) is 84.5 cm³/mol. The third-order valence-electron chi connectivity index (χ3n) is 2.35. The molecule has 0 saturated carbocycles. The number of rotatable bonds is 9. The molecule has 0 unspecified atom stereocenters. The molecule has 0 aliphatic rings. The second-order valence-corrected chi connectivity index (χ2v) is 5.35. The molecular weight excluding hydrogens is 376 g/mol. The highest BCUT2D eigenvalue weighted by Crippen LogP contribution is 2.37. The first-order chi connectivity index (χ1) is 9.22. The molecule has 0 spiro atoms. The van der Waals surface area contributed by atoms with Gasteiger partial charge in [-0.1, -0.05) is 22.9 Å². The summed E-state index contributed by atoms with van der Waals surface area (Å²) in [5.74, 6) is 1.51. The van der Waals surface area contributed by atoms with Gasteiger partial charge in [0.15, 0.2) is 11.5 Å². The van der Waals surface area contributed by atoms with Gasteiger partial charge in [-0.3, -0.25) is 0 Å². The number of ether oxygens (including phenoxy) is 3. The lowest BCUT2D eigenvalue weighted by Gasteiger charge is -2.15. The van der Waals surface area contributed by atoms with Gasteiger partial charge in [-0.15, -0.1) is 0 Å². The third kappa shape index (κ3) is 5.71. The summed E-state index contributed by atoms with van der Waals surface area (Å²) in [6.07, 6.45) is 1.02. The second-order valence-electron chi connectivity index (χ2n) is 3.93. The minimum Gasteiger partial charge on any atom is -0.490 e. The van der Waals surface area contributed by atoms with E-state index in [1.54, 1.807) is 0 Å². The molecule has 0 amide bonds. The molecule has 0 N–H and O–H groups in total. The first-order valence-corrected chi connectivity index (χ1v) is 8.36. The van der Waals surface area contributed by atoms with E-state index < -0.39 is 0 Å². The molecule has 0 aliphatic heterocycles. The van der Waals surface area contributed by atoms with Crippen LogP contribution >= 0.6 is 31.9 Å². The number of hydrogen-bond acceptors (Lipinski definition) is 3. The molecule has 0 atom stereocenters. The summed E-state index contributed by atoms with van der Waals surface area (Å²) in [5, 5.41) is 0.783. The highest BCUT2D eigenvalue weighted by molar-refractivity contribution is 9.10. The Morgan fingerprint density at radius 3 is 2.47 bits per heavy atom. The molecule has 0 fully saturated rings. The maximum atomic E-state index is 5.75. The van der Waals surface area contributed by atoms with Crippen LogP contribution in [0, 0.1) is 0 Å². The second kappa shape index (κ2) is 9.61. The monoisotopic (exact) mass is 394 g/mol. The largest absolute Gasteiger partial charge is 0.490 e. The van der Waals surface area contributed by atoms with Gasteiger partial charge in [0.2, 0.25) is 0 Å². The van der Waals surface area contributed by atoms with Crippen LogP contribution in [0.5, 0.6) is 11.5 Å². The first-order valence-electron chi connectivity index (χ1n) is 6.44. The molecule has 1 aromatic carbocycles. The Morgan fingerprint density at radius 1 is 1.05 bits per heavy atom. The van der Waals surface area contributed by atoms with Gasteiger partial charge < -0.3 is 14.2 Å². The Morgan fingerprint density at radius 2 is 1.84 bits per heavy atom. The number of alkyl halides is 1. The van der Waals surface area contributed by atoms with Crippen molar-refractivity contribution in [3.8, 4) is 11.5 Å². The van der Waals surface area contributed by atoms with Crippen molar-refractivity contribution < 1.29 is 14.2 Å². The smallest absolute Gasteiger partial charge is 0.175 e. The molecule has 0 heterocycles. The predicted octanol–water partition coefficient (Wildman–Crippen LogP) is 4.55. The van der Waals surface area contributed by atoms with Crippen LogP contribution in [0.15, 0.2) is 16.6 Å². The van der Waals surface area contributed by atoms with Gasteiger partial charge in [0.25, 0.3) is 0 Å². The summed E-state index contributed by atoms with van der Waals surface area (Å²) in [5.41, 5.74) is 1.14. The van der Waals surface area contributed by atoms with Crippen molar-refractivity contribution in [3.05, 3.63) is 22.2 Å². The topological polar surface area (TPSA) is 27.7 Å². The van der Waals surface area contributed by atoms with Crippen molar-refractivity contribution in [1.29, 1.82) is 0 Å². The average molecular weight is 396 g/mol. The summed E-state index contributed by atoms with van der Waals surface area (Å²) in [7, 11) is 0. The standard InChI is InChI=1S/C14H20Br2O3/c1-3-5-17-6-7-19-14-12(16)8-11(10-15)9-13(14)18-4-2/h8-9H,3-7,10H2,1-2H3. The van der Waals surface area contributed by atoms with Crippen LogP contribution in [-0.2, 0) is 10.1 Å². The minimum atomic E-state index is 0.520. The maximum absolute atomic E-state index is 5.75. The number of halogens is 2. The van der Waals surface area contributed by atoms with Crippen LogP contribution in [0.25, 0.3) is 0 Å². The van der Waals surface area contributed by atoms with E-state index >= 15 is 0 Å². The molecule has 1 rings (SSSR count). The molecule has 0 bridgehead atoms. The van der Waals surface area contributed by atoms with E-state index in [0.717, 1.165) is 39.9 Å². The molecule has 108 valence electrons. The summed E-state index contributed by atoms with van der Waals surface area (Å²) in [6.45, 7) is 6.54. The van der Waals surface area contributed by atoms with Crippen LogP contribution < -0.4 is 9.47 Å². The van der Waals surface area contributed by atoms with E-state index in [1.165, 1.54) is 0 Å². The summed E-state index contributed by atoms with van der Waals surface area (Å²) in [6, 6.07) is 4.02. The normalized spacial score (nSPS) is 10.5. The fourth-order valence-corrected chi connectivity index (χ4v) is 2.48. The molecule has 0 saturated heterocycles. The van der Waals surface area contributed by atoms with Crippen LogP contribution in [-0.4, -0.2) is 26.4 Å². The zero-order valence-corrected chi connectivity index (χ0v) is 14.6. The molecule has 0 aliphatic carbocycles. The van der Waals surface area contributed by atoms with Gasteiger partial charge in [0.05, 0.1) is 17.7 Å². The fraction of sp³-hybridized carbons (Fsp3) is 0.571. The lowest BCUT2D eigenvalue weighted by molar-refractivity contribution is 0.0989. The third-order valence-corrected chi connectivity index (χ3v) is 3.58. The van der Waals surface area contributed by atoms with Crippen molar-refractivity contribution in [2.45, 2.75) is 25.6 Å². The van der Waals surface area contributed by atoms with E-state index in [-0.39, 0.29) is 0 Å². The van der Waals surface area contributed by atoms with E-state index in [0.29, 0.717) is 19.8 Å². The van der Waals surface area contributed by atoms with E-state index in [4.69, 9.17) is 14.2 Å². The molecule has 3 nitrogen and oxygen atoms in total. The lowest BCUT2D eigenvalue weighted by atomic mass is 10.2. The van der Waals surface area contributed by atoms with Crippen molar-refractivity contribution in [2.24, 2.45) is 0 Å². The van der Waals surface area contributed by atoms with Crippen molar-refractivity contribution >= 4 is 31.9 Å². The van der Waals surface area contributed by atoms with Crippen molar-refractivity contribution in [1.82, 2.24) is 0 Å². The zero-order valence-electron chi connectivity index (χ0n) is 11.4. The number of hydrogen-bond donors (Lipinski definition) is 0.